The van der Waals surface area contributed by atoms with Crippen LogP contribution in [0, 0.1) is 0 Å². The zero-order valence-electron chi connectivity index (χ0n) is 11.4. The maximum absolute atomic E-state index is 12.3. The first-order chi connectivity index (χ1) is 9.66. The monoisotopic (exact) mass is 345 g/mol. The molecule has 2 rings (SSSR count). The molecule has 0 saturated carbocycles. The van der Waals surface area contributed by atoms with Crippen molar-refractivity contribution < 1.29 is 13.2 Å². The summed E-state index contributed by atoms with van der Waals surface area (Å²) in [6, 6.07) is 7.79. The van der Waals surface area contributed by atoms with Gasteiger partial charge in [0.1, 0.15) is 10.3 Å². The molecule has 1 aromatic rings. The standard InChI is InChI=1S/C14H13Cl2NO3S/c1-9-8-11(18)12(15)14(2,16)13(9)17-21(19,20)10-6-4-3-5-7-10/h3-8,12H,1-2H3/t12-,14-/m0/s1. The maximum Gasteiger partial charge on any atom is 0.282 e. The molecule has 0 spiro atoms. The fraction of sp³-hybridized carbons (Fsp3) is 0.286. The van der Waals surface area contributed by atoms with Gasteiger partial charge < -0.3 is 0 Å². The second-order valence-electron chi connectivity index (χ2n) is 4.90. The van der Waals surface area contributed by atoms with E-state index in [1.54, 1.807) is 25.1 Å². The molecule has 0 unspecified atom stereocenters. The molecule has 0 heterocycles. The quantitative estimate of drug-likeness (QED) is 0.774. The van der Waals surface area contributed by atoms with Crippen LogP contribution < -0.4 is 0 Å². The Hall–Kier alpha value is -1.17. The van der Waals surface area contributed by atoms with Gasteiger partial charge in [-0.25, -0.2) is 0 Å². The average Bonchev–Trinajstić information content (AvgIpc) is 2.43. The second-order valence-corrected chi connectivity index (χ2v) is 7.72. The molecule has 0 saturated heterocycles. The van der Waals surface area contributed by atoms with Crippen molar-refractivity contribution >= 4 is 44.7 Å². The number of hydrogen-bond acceptors (Lipinski definition) is 3. The minimum absolute atomic E-state index is 0.0563. The molecular weight excluding hydrogens is 333 g/mol. The van der Waals surface area contributed by atoms with Gasteiger partial charge in [-0.1, -0.05) is 18.2 Å². The Morgan fingerprint density at radius 1 is 1.24 bits per heavy atom. The van der Waals surface area contributed by atoms with E-state index in [2.05, 4.69) is 4.40 Å². The fourth-order valence-electron chi connectivity index (χ4n) is 2.05. The highest BCUT2D eigenvalue weighted by Crippen LogP contribution is 2.34. The molecule has 112 valence electrons. The normalized spacial score (nSPS) is 28.6. The zero-order valence-corrected chi connectivity index (χ0v) is 13.7. The van der Waals surface area contributed by atoms with Crippen molar-refractivity contribution in [2.75, 3.05) is 0 Å². The highest BCUT2D eigenvalue weighted by atomic mass is 35.5. The van der Waals surface area contributed by atoms with Crippen LogP contribution >= 0.6 is 23.2 Å². The van der Waals surface area contributed by atoms with E-state index in [4.69, 9.17) is 23.2 Å². The van der Waals surface area contributed by atoms with Crippen LogP contribution in [-0.2, 0) is 14.8 Å². The average molecular weight is 346 g/mol. The Bertz CT molecular complexity index is 737. The first kappa shape index (κ1) is 16.2. The largest absolute Gasteiger partial charge is 0.293 e. The third-order valence-corrected chi connectivity index (χ3v) is 5.62. The van der Waals surface area contributed by atoms with Crippen LogP contribution in [0.5, 0.6) is 0 Å². The molecule has 7 heteroatoms. The maximum atomic E-state index is 12.3. The summed E-state index contributed by atoms with van der Waals surface area (Å²) >= 11 is 12.3. The Morgan fingerprint density at radius 3 is 2.38 bits per heavy atom. The van der Waals surface area contributed by atoms with E-state index in [9.17, 15) is 13.2 Å². The van der Waals surface area contributed by atoms with Crippen LogP contribution in [0.2, 0.25) is 0 Å². The molecule has 0 aliphatic heterocycles. The summed E-state index contributed by atoms with van der Waals surface area (Å²) in [5.41, 5.74) is 0.488. The number of ketones is 1. The van der Waals surface area contributed by atoms with Crippen LogP contribution in [0.15, 0.2) is 51.3 Å². The summed E-state index contributed by atoms with van der Waals surface area (Å²) in [6.07, 6.45) is 1.27. The van der Waals surface area contributed by atoms with Crippen LogP contribution in [0.25, 0.3) is 0 Å². The number of rotatable bonds is 2. The SMILES string of the molecule is CC1=CC(=O)[C@H](Cl)[C@](C)(Cl)C1=NS(=O)(=O)c1ccccc1. The number of carbonyl (C=O) groups excluding carboxylic acids is 1. The number of halogens is 2. The zero-order chi connectivity index (χ0) is 15.8. The lowest BCUT2D eigenvalue weighted by atomic mass is 9.87. The van der Waals surface area contributed by atoms with Crippen molar-refractivity contribution in [1.29, 1.82) is 0 Å². The summed E-state index contributed by atoms with van der Waals surface area (Å²) < 4.78 is 28.4. The number of nitrogens with zero attached hydrogens (tertiary/aromatic N) is 1. The van der Waals surface area contributed by atoms with Gasteiger partial charge in [-0.3, -0.25) is 4.79 Å². The van der Waals surface area contributed by atoms with E-state index in [0.29, 0.717) is 5.57 Å². The van der Waals surface area contributed by atoms with Crippen LogP contribution in [-0.4, -0.2) is 30.2 Å². The van der Waals surface area contributed by atoms with Gasteiger partial charge in [-0.15, -0.1) is 23.2 Å². The van der Waals surface area contributed by atoms with Crippen LogP contribution in [0.4, 0.5) is 0 Å². The van der Waals surface area contributed by atoms with E-state index in [1.807, 2.05) is 0 Å². The number of carbonyl (C=O) groups is 1. The summed E-state index contributed by atoms with van der Waals surface area (Å²) in [6.45, 7) is 3.07. The third-order valence-electron chi connectivity index (χ3n) is 3.17. The van der Waals surface area contributed by atoms with E-state index in [-0.39, 0.29) is 16.4 Å². The smallest absolute Gasteiger partial charge is 0.282 e. The number of alkyl halides is 2. The van der Waals surface area contributed by atoms with Crippen molar-refractivity contribution in [2.24, 2.45) is 4.40 Å². The predicted molar refractivity (Wildman–Crippen MR) is 83.7 cm³/mol. The minimum atomic E-state index is -3.91. The minimum Gasteiger partial charge on any atom is -0.293 e. The van der Waals surface area contributed by atoms with Gasteiger partial charge in [-0.05, 0) is 37.6 Å². The van der Waals surface area contributed by atoms with Crippen molar-refractivity contribution in [2.45, 2.75) is 29.0 Å². The molecule has 0 fully saturated rings. The molecule has 0 radical (unpaired) electrons. The molecule has 1 aliphatic rings. The summed E-state index contributed by atoms with van der Waals surface area (Å²) in [4.78, 5) is 10.4. The van der Waals surface area contributed by atoms with Crippen molar-refractivity contribution in [1.82, 2.24) is 0 Å². The first-order valence-corrected chi connectivity index (χ1v) is 8.37. The lowest BCUT2D eigenvalue weighted by Gasteiger charge is -2.31. The summed E-state index contributed by atoms with van der Waals surface area (Å²) in [5, 5.41) is -1.06. The van der Waals surface area contributed by atoms with E-state index in [0.717, 1.165) is 0 Å². The number of benzene rings is 1. The molecule has 4 nitrogen and oxygen atoms in total. The Labute approximate surface area is 133 Å². The van der Waals surface area contributed by atoms with Gasteiger partial charge in [0.25, 0.3) is 10.0 Å². The van der Waals surface area contributed by atoms with Gasteiger partial charge in [0, 0.05) is 0 Å². The molecule has 21 heavy (non-hydrogen) atoms. The lowest BCUT2D eigenvalue weighted by molar-refractivity contribution is -0.114. The van der Waals surface area contributed by atoms with E-state index < -0.39 is 20.3 Å². The molecular formula is C14H13Cl2NO3S. The van der Waals surface area contributed by atoms with Gasteiger partial charge in [0.2, 0.25) is 0 Å². The van der Waals surface area contributed by atoms with Gasteiger partial charge >= 0.3 is 0 Å². The Balaban J connectivity index is 2.59. The van der Waals surface area contributed by atoms with Crippen molar-refractivity contribution in [3.8, 4) is 0 Å². The number of allylic oxidation sites excluding steroid dienone is 2. The summed E-state index contributed by atoms with van der Waals surface area (Å²) in [7, 11) is -3.91. The molecule has 0 amide bonds. The predicted octanol–water partition coefficient (Wildman–Crippen LogP) is 2.95. The topological polar surface area (TPSA) is 63.6 Å². The highest BCUT2D eigenvalue weighted by Gasteiger charge is 2.44. The van der Waals surface area contributed by atoms with Crippen LogP contribution in [0.3, 0.4) is 0 Å². The van der Waals surface area contributed by atoms with E-state index in [1.165, 1.54) is 25.1 Å². The van der Waals surface area contributed by atoms with E-state index >= 15 is 0 Å². The van der Waals surface area contributed by atoms with Gasteiger partial charge in [0.15, 0.2) is 5.78 Å². The first-order valence-electron chi connectivity index (χ1n) is 6.12. The Morgan fingerprint density at radius 2 is 1.81 bits per heavy atom. The van der Waals surface area contributed by atoms with Gasteiger partial charge in [0.05, 0.1) is 10.6 Å². The molecule has 1 aromatic carbocycles. The fourth-order valence-corrected chi connectivity index (χ4v) is 3.75. The molecule has 0 N–H and O–H groups in total. The van der Waals surface area contributed by atoms with Gasteiger partial charge in [-0.2, -0.15) is 12.8 Å². The van der Waals surface area contributed by atoms with Crippen molar-refractivity contribution in [3.63, 3.8) is 0 Å². The molecule has 0 aromatic heterocycles. The molecule has 0 bridgehead atoms. The number of hydrogen-bond donors (Lipinski definition) is 0. The second kappa shape index (κ2) is 5.55. The Kier molecular flexibility index (Phi) is 4.29. The number of sulfonamides is 1. The highest BCUT2D eigenvalue weighted by molar-refractivity contribution is 7.90. The summed E-state index contributed by atoms with van der Waals surface area (Å²) in [5.74, 6) is -0.359. The van der Waals surface area contributed by atoms with Crippen molar-refractivity contribution in [3.05, 3.63) is 42.0 Å². The lowest BCUT2D eigenvalue weighted by Crippen LogP contribution is -2.46. The third kappa shape index (κ3) is 3.05. The van der Waals surface area contributed by atoms with Crippen LogP contribution in [0.1, 0.15) is 13.8 Å². The molecule has 1 aliphatic carbocycles. The molecule has 2 atom stereocenters.